The average Bonchev–Trinajstić information content (AvgIpc) is 2.85. The molecule has 3 rings (SSSR count). The molecule has 2 aromatic heterocycles. The van der Waals surface area contributed by atoms with Gasteiger partial charge in [0.05, 0.1) is 6.20 Å². The van der Waals surface area contributed by atoms with Gasteiger partial charge >= 0.3 is 5.97 Å². The molecule has 0 spiro atoms. The molecule has 1 unspecified atom stereocenters. The number of rotatable bonds is 3. The maximum absolute atomic E-state index is 10.8. The van der Waals surface area contributed by atoms with E-state index in [-0.39, 0.29) is 12.3 Å². The first-order valence-electron chi connectivity index (χ1n) is 6.49. The summed E-state index contributed by atoms with van der Waals surface area (Å²) in [5, 5.41) is 13.0. The molecule has 6 nitrogen and oxygen atoms in total. The Labute approximate surface area is 110 Å². The first-order chi connectivity index (χ1) is 9.22. The number of carboxylic acid groups (broad SMARTS) is 1. The van der Waals surface area contributed by atoms with Crippen LogP contribution in [0.25, 0.3) is 5.65 Å². The Morgan fingerprint density at radius 2 is 2.37 bits per heavy atom. The molecule has 1 aliphatic heterocycles. The lowest BCUT2D eigenvalue weighted by atomic mass is 9.95. The molecule has 1 fully saturated rings. The fraction of sp³-hybridized carbons (Fsp3) is 0.462. The Kier molecular flexibility index (Phi) is 3.06. The Morgan fingerprint density at radius 3 is 3.21 bits per heavy atom. The summed E-state index contributed by atoms with van der Waals surface area (Å²) in [7, 11) is 0. The van der Waals surface area contributed by atoms with E-state index in [2.05, 4.69) is 15.0 Å². The number of hydrogen-bond donors (Lipinski definition) is 1. The van der Waals surface area contributed by atoms with Gasteiger partial charge in [-0.3, -0.25) is 4.79 Å². The molecule has 1 atom stereocenters. The second kappa shape index (κ2) is 4.87. The number of fused-ring (bicyclic) bond motifs is 1. The molecule has 6 heteroatoms. The third-order valence-electron chi connectivity index (χ3n) is 3.55. The highest BCUT2D eigenvalue weighted by molar-refractivity contribution is 5.67. The van der Waals surface area contributed by atoms with Crippen molar-refractivity contribution in [3.63, 3.8) is 0 Å². The summed E-state index contributed by atoms with van der Waals surface area (Å²) in [6.45, 7) is 1.71. The van der Waals surface area contributed by atoms with Crippen molar-refractivity contribution in [2.45, 2.75) is 19.3 Å². The zero-order valence-electron chi connectivity index (χ0n) is 10.6. The highest BCUT2D eigenvalue weighted by Gasteiger charge is 2.23. The summed E-state index contributed by atoms with van der Waals surface area (Å²) in [6, 6.07) is 3.80. The second-order valence-corrected chi connectivity index (χ2v) is 4.97. The summed E-state index contributed by atoms with van der Waals surface area (Å²) in [5.74, 6) is 0.406. The smallest absolute Gasteiger partial charge is 0.303 e. The molecule has 0 bridgehead atoms. The van der Waals surface area contributed by atoms with Crippen molar-refractivity contribution in [3.8, 4) is 0 Å². The van der Waals surface area contributed by atoms with E-state index >= 15 is 0 Å². The maximum atomic E-state index is 10.8. The normalized spacial score (nSPS) is 19.8. The molecule has 0 amide bonds. The molecule has 0 aliphatic carbocycles. The number of piperidine rings is 1. The highest BCUT2D eigenvalue weighted by atomic mass is 16.4. The Balaban J connectivity index is 1.78. The van der Waals surface area contributed by atoms with Crippen molar-refractivity contribution in [1.82, 2.24) is 14.6 Å². The standard InChI is InChI=1S/C13H16N4O2/c18-13(19)8-10-2-1-6-16(9-10)11-4-7-17-12(15-11)3-5-14-17/h3-5,7,10H,1-2,6,8-9H2,(H,18,19). The van der Waals surface area contributed by atoms with Crippen LogP contribution in [0.3, 0.4) is 0 Å². The zero-order valence-corrected chi connectivity index (χ0v) is 10.6. The van der Waals surface area contributed by atoms with Crippen LogP contribution in [0.5, 0.6) is 0 Å². The number of carbonyl (C=O) groups is 1. The molecule has 1 saturated heterocycles. The minimum absolute atomic E-state index is 0.217. The Morgan fingerprint density at radius 1 is 1.47 bits per heavy atom. The van der Waals surface area contributed by atoms with E-state index in [1.54, 1.807) is 10.7 Å². The van der Waals surface area contributed by atoms with E-state index < -0.39 is 5.97 Å². The van der Waals surface area contributed by atoms with Crippen molar-refractivity contribution < 1.29 is 9.90 Å². The predicted molar refractivity (Wildman–Crippen MR) is 70.2 cm³/mol. The molecule has 100 valence electrons. The first-order valence-corrected chi connectivity index (χ1v) is 6.49. The number of hydrogen-bond acceptors (Lipinski definition) is 4. The van der Waals surface area contributed by atoms with Gasteiger partial charge in [0.25, 0.3) is 0 Å². The predicted octanol–water partition coefficient (Wildman–Crippen LogP) is 1.42. The van der Waals surface area contributed by atoms with Gasteiger partial charge in [-0.15, -0.1) is 0 Å². The molecule has 2 aromatic rings. The van der Waals surface area contributed by atoms with Gasteiger partial charge in [-0.2, -0.15) is 5.10 Å². The molecule has 0 saturated carbocycles. The van der Waals surface area contributed by atoms with E-state index in [4.69, 9.17) is 5.11 Å². The molecule has 1 N–H and O–H groups in total. The lowest BCUT2D eigenvalue weighted by Crippen LogP contribution is -2.36. The minimum atomic E-state index is -0.717. The third-order valence-corrected chi connectivity index (χ3v) is 3.55. The second-order valence-electron chi connectivity index (χ2n) is 4.97. The van der Waals surface area contributed by atoms with E-state index in [1.807, 2.05) is 18.3 Å². The van der Waals surface area contributed by atoms with Crippen LogP contribution >= 0.6 is 0 Å². The van der Waals surface area contributed by atoms with Gasteiger partial charge in [0.1, 0.15) is 5.82 Å². The van der Waals surface area contributed by atoms with Gasteiger partial charge in [-0.05, 0) is 24.8 Å². The van der Waals surface area contributed by atoms with Crippen LogP contribution in [0, 0.1) is 5.92 Å². The first kappa shape index (κ1) is 12.0. The molecule has 0 aromatic carbocycles. The van der Waals surface area contributed by atoms with Crippen molar-refractivity contribution in [2.24, 2.45) is 5.92 Å². The summed E-state index contributed by atoms with van der Waals surface area (Å²) >= 11 is 0. The number of aromatic nitrogens is 3. The van der Waals surface area contributed by atoms with Crippen molar-refractivity contribution >= 4 is 17.4 Å². The monoisotopic (exact) mass is 260 g/mol. The summed E-state index contributed by atoms with van der Waals surface area (Å²) in [4.78, 5) is 17.5. The molecule has 0 radical (unpaired) electrons. The zero-order chi connectivity index (χ0) is 13.2. The van der Waals surface area contributed by atoms with Gasteiger partial charge in [-0.1, -0.05) is 0 Å². The number of nitrogens with zero attached hydrogens (tertiary/aromatic N) is 4. The molecule has 3 heterocycles. The number of carboxylic acids is 1. The fourth-order valence-corrected chi connectivity index (χ4v) is 2.67. The Hall–Kier alpha value is -2.11. The van der Waals surface area contributed by atoms with Crippen LogP contribution in [0.2, 0.25) is 0 Å². The largest absolute Gasteiger partial charge is 0.481 e. The van der Waals surface area contributed by atoms with Gasteiger partial charge in [-0.25, -0.2) is 9.50 Å². The van der Waals surface area contributed by atoms with Gasteiger partial charge in [0, 0.05) is 31.8 Å². The van der Waals surface area contributed by atoms with E-state index in [9.17, 15) is 4.79 Å². The third kappa shape index (κ3) is 2.52. The molecule has 1 aliphatic rings. The molecular weight excluding hydrogens is 244 g/mol. The summed E-state index contributed by atoms with van der Waals surface area (Å²) in [6.07, 6.45) is 5.85. The van der Waals surface area contributed by atoms with Gasteiger partial charge < -0.3 is 10.0 Å². The summed E-state index contributed by atoms with van der Waals surface area (Å²) < 4.78 is 1.72. The molecular formula is C13H16N4O2. The fourth-order valence-electron chi connectivity index (χ4n) is 2.67. The lowest BCUT2D eigenvalue weighted by molar-refractivity contribution is -0.138. The quantitative estimate of drug-likeness (QED) is 0.903. The summed E-state index contributed by atoms with van der Waals surface area (Å²) in [5.41, 5.74) is 0.817. The number of anilines is 1. The van der Waals surface area contributed by atoms with Gasteiger partial charge in [0.2, 0.25) is 0 Å². The van der Waals surface area contributed by atoms with E-state index in [0.29, 0.717) is 0 Å². The maximum Gasteiger partial charge on any atom is 0.303 e. The van der Waals surface area contributed by atoms with Crippen LogP contribution in [-0.2, 0) is 4.79 Å². The number of aliphatic carboxylic acids is 1. The SMILES string of the molecule is O=C(O)CC1CCCN(c2ccn3nccc3n2)C1. The molecule has 19 heavy (non-hydrogen) atoms. The Bertz CT molecular complexity index is 595. The van der Waals surface area contributed by atoms with E-state index in [0.717, 1.165) is 37.4 Å². The van der Waals surface area contributed by atoms with Crippen molar-refractivity contribution in [1.29, 1.82) is 0 Å². The van der Waals surface area contributed by atoms with E-state index in [1.165, 1.54) is 0 Å². The van der Waals surface area contributed by atoms with Crippen LogP contribution < -0.4 is 4.90 Å². The van der Waals surface area contributed by atoms with Crippen molar-refractivity contribution in [3.05, 3.63) is 24.5 Å². The average molecular weight is 260 g/mol. The van der Waals surface area contributed by atoms with Gasteiger partial charge in [0.15, 0.2) is 5.65 Å². The van der Waals surface area contributed by atoms with Crippen LogP contribution in [0.15, 0.2) is 24.5 Å². The van der Waals surface area contributed by atoms with Crippen LogP contribution in [0.4, 0.5) is 5.82 Å². The lowest BCUT2D eigenvalue weighted by Gasteiger charge is -2.32. The minimum Gasteiger partial charge on any atom is -0.481 e. The van der Waals surface area contributed by atoms with Crippen LogP contribution in [-0.4, -0.2) is 38.8 Å². The van der Waals surface area contributed by atoms with Crippen molar-refractivity contribution in [2.75, 3.05) is 18.0 Å². The highest BCUT2D eigenvalue weighted by Crippen LogP contribution is 2.23. The van der Waals surface area contributed by atoms with Crippen LogP contribution in [0.1, 0.15) is 19.3 Å². The topological polar surface area (TPSA) is 70.7 Å².